The van der Waals surface area contributed by atoms with Crippen LogP contribution in [0.2, 0.25) is 0 Å². The van der Waals surface area contributed by atoms with Crippen molar-refractivity contribution in [3.63, 3.8) is 0 Å². The lowest BCUT2D eigenvalue weighted by Crippen LogP contribution is -2.61. The number of carbonyl (C=O) groups is 19. The number of primary amides is 2. The number of hydrogen-bond acceptors (Lipinski definition) is 24. The summed E-state index contributed by atoms with van der Waals surface area (Å²) in [5, 5.41) is 47.7. The zero-order chi connectivity index (χ0) is 109. The molecule has 2 fully saturated rings. The molecule has 1 saturated heterocycles. The molecule has 0 spiro atoms. The predicted molar refractivity (Wildman–Crippen MR) is 559 cm³/mol. The Labute approximate surface area is 866 Å². The van der Waals surface area contributed by atoms with Gasteiger partial charge in [-0.25, -0.2) is 4.79 Å². The molecule has 41 nitrogen and oxygen atoms in total. The lowest BCUT2D eigenvalue weighted by atomic mass is 9.84. The van der Waals surface area contributed by atoms with Gasteiger partial charge in [-0.1, -0.05) is 193 Å². The highest BCUT2D eigenvalue weighted by atomic mass is 32.2. The number of ketones is 1. The van der Waals surface area contributed by atoms with Crippen molar-refractivity contribution < 1.29 is 96.2 Å². The van der Waals surface area contributed by atoms with Crippen LogP contribution in [0.15, 0.2) is 152 Å². The Morgan fingerprint density at radius 2 is 0.980 bits per heavy atom. The standard InChI is InChI=1S/C106H145N21O20S/c1-59(2)48-82-98(138)117-80(44-47-109)97(137)122-87(50-65-19-12-10-13-20-65)102(142)126-91(60(3)4)104(144)118-79(24-17-45-107)96(136)125-88(103(143)116-78(43-46-108)92(112)132)58-148-57-76(129)55-77(62(6)110)94(134)121-83(51-68-29-35-74(36-30-68)106(146)147)95(135)113-56-90(131)115-84(54-69-21-16-18-61(5)49-69)99(139)123-86(53-67-27-33-72(34-28-67)73-37-39-75(40-38-73)114-64(8)128)101(141)124-85(52-66-25-31-71(32-26-66)70-22-14-11-15-23-70)100(140)119-81(41-42-89(111)130)105(145)127(9)63(7)93(133)120-82/h11,14-16,18,21-23,25-40,49,59-60,62-63,65,77-88,91H,10,12-13,17,19-20,24,41-48,50-58,107-110H2,1-9H3,(H2,111,130)(H2,112,132)(H,113,135)(H,114,128)(H,115,131)(H,116,143)(H,117,138)(H,118,144)(H,119,140)(H,120,133)(H,121,134)(H,122,137)(H,123,139)(H,124,141)(H,125,136)(H,126,142)(H,146,147)/t62?,63-,77-,78-,79-,80-,81-,82+,83-,84-,85-,86-,87?,88?,91?/m0/s1. The topological polar surface area (TPSA) is 672 Å². The van der Waals surface area contributed by atoms with Crippen LogP contribution in [0.25, 0.3) is 22.3 Å². The van der Waals surface area contributed by atoms with Gasteiger partial charge in [-0.05, 0) is 172 Å². The molecular weight excluding hydrogens is 1920 g/mol. The van der Waals surface area contributed by atoms with Crippen molar-refractivity contribution in [2.75, 3.05) is 50.0 Å². The second kappa shape index (κ2) is 59.4. The molecule has 1 aliphatic heterocycles. The molecule has 148 heavy (non-hydrogen) atoms. The third-order valence-electron chi connectivity index (χ3n) is 25.8. The Hall–Kier alpha value is -14.4. The van der Waals surface area contributed by atoms with Crippen LogP contribution in [0.1, 0.15) is 177 Å². The monoisotopic (exact) mass is 2060 g/mol. The number of amides is 17. The summed E-state index contributed by atoms with van der Waals surface area (Å²) in [4.78, 5) is 276. The van der Waals surface area contributed by atoms with Gasteiger partial charge in [-0.15, -0.1) is 0 Å². The SMILES string of the molecule is CC(=O)Nc1ccc(-c2ccc(C[C@@H]3NC(=O)[C@H](Cc4cccc(C)c4)NC(=O)CNC(=O)[C@H](Cc4ccc(C(=O)O)cc4)NC(=O)[C@H](C(C)N)CC(=O)CSCC(C(=O)N[C@@H](CCN)C(N)=O)NC(=O)[C@H](CCCN)NC(=O)C(C(C)C)NC(=O)C(CC4CCCCC4)NC(=O)[C@H](CCN)NC(=O)[C@@H](CC(C)C)NC(=O)[C@H](C)N(C)C(=O)[C@H](CCC(N)=O)NC(=O)[C@H](Cc4ccc(-c5ccccc5)cc4)NC3=O)cc2)cc1. The smallest absolute Gasteiger partial charge is 0.335 e. The van der Waals surface area contributed by atoms with E-state index in [4.69, 9.17) is 34.4 Å². The molecular formula is C106H145N21O20S. The number of nitrogens with one attached hydrogen (secondary N) is 14. The van der Waals surface area contributed by atoms with E-state index in [1.807, 2.05) is 30.3 Å². The van der Waals surface area contributed by atoms with Crippen LogP contribution in [0.4, 0.5) is 5.69 Å². The fourth-order valence-electron chi connectivity index (χ4n) is 17.3. The fourth-order valence-corrected chi connectivity index (χ4v) is 18.3. The van der Waals surface area contributed by atoms with E-state index in [9.17, 15) is 72.2 Å². The quantitative estimate of drug-likeness (QED) is 0.0294. The van der Waals surface area contributed by atoms with E-state index >= 15 is 24.0 Å². The summed E-state index contributed by atoms with van der Waals surface area (Å²) in [7, 11) is 1.24. The Morgan fingerprint density at radius 3 is 1.51 bits per heavy atom. The molecule has 1 saturated carbocycles. The van der Waals surface area contributed by atoms with Gasteiger partial charge in [0.15, 0.2) is 0 Å². The molecule has 6 aromatic rings. The minimum Gasteiger partial charge on any atom is -0.478 e. The van der Waals surface area contributed by atoms with Gasteiger partial charge in [0.05, 0.1) is 23.8 Å². The number of likely N-dealkylation sites (N-methyl/N-ethyl adjacent to an activating group) is 1. The molecule has 6 aromatic carbocycles. The molecule has 0 aromatic heterocycles. The Bertz CT molecular complexity index is 5580. The van der Waals surface area contributed by atoms with Crippen LogP contribution in [0, 0.1) is 30.6 Å². The highest BCUT2D eigenvalue weighted by Gasteiger charge is 2.41. The van der Waals surface area contributed by atoms with Crippen molar-refractivity contribution in [3.8, 4) is 22.3 Å². The number of carbonyl (C=O) groups excluding carboxylic acids is 18. The molecule has 27 N–H and O–H groups in total. The summed E-state index contributed by atoms with van der Waals surface area (Å²) in [5.74, 6) is -20.8. The lowest BCUT2D eigenvalue weighted by Gasteiger charge is -2.32. The number of aromatic carboxylic acids is 1. The van der Waals surface area contributed by atoms with E-state index in [0.717, 1.165) is 58.2 Å². The molecule has 1 aliphatic carbocycles. The summed E-state index contributed by atoms with van der Waals surface area (Å²) in [6.07, 6.45) is 0.581. The second-order valence-corrected chi connectivity index (χ2v) is 39.7. The van der Waals surface area contributed by atoms with Crippen LogP contribution in [0.5, 0.6) is 0 Å². The molecule has 42 heteroatoms. The summed E-state index contributed by atoms with van der Waals surface area (Å²) in [6, 6.07) is 21.3. The van der Waals surface area contributed by atoms with Crippen molar-refractivity contribution in [2.45, 2.75) is 256 Å². The predicted octanol–water partition coefficient (Wildman–Crippen LogP) is 1.57. The van der Waals surface area contributed by atoms with E-state index in [-0.39, 0.29) is 107 Å². The Balaban J connectivity index is 1.23. The first-order valence-corrected chi connectivity index (χ1v) is 51.3. The van der Waals surface area contributed by atoms with Gasteiger partial charge in [0.1, 0.15) is 84.3 Å². The summed E-state index contributed by atoms with van der Waals surface area (Å²) >= 11 is 0.804. The third kappa shape index (κ3) is 38.5. The highest BCUT2D eigenvalue weighted by Crippen LogP contribution is 2.30. The summed E-state index contributed by atoms with van der Waals surface area (Å²) in [6.45, 7) is 11.4. The number of benzene rings is 6. The molecule has 0 bridgehead atoms. The highest BCUT2D eigenvalue weighted by molar-refractivity contribution is 8.00. The average molecular weight is 2070 g/mol. The van der Waals surface area contributed by atoms with Gasteiger partial charge in [-0.2, -0.15) is 11.8 Å². The molecule has 8 rings (SSSR count). The van der Waals surface area contributed by atoms with Crippen LogP contribution >= 0.6 is 11.8 Å². The number of rotatable bonds is 31. The first-order valence-electron chi connectivity index (χ1n) is 50.1. The molecule has 1 heterocycles. The normalized spacial score (nSPS) is 22.7. The number of thioether (sulfide) groups is 1. The second-order valence-electron chi connectivity index (χ2n) is 38.7. The van der Waals surface area contributed by atoms with Gasteiger partial charge in [0, 0.05) is 70.0 Å². The molecule has 15 atom stereocenters. The Morgan fingerprint density at radius 1 is 0.493 bits per heavy atom. The van der Waals surface area contributed by atoms with E-state index in [2.05, 4.69) is 74.4 Å². The number of Topliss-reactive ketones (excluding diaryl/α,β-unsaturated/α-hetero) is 1. The van der Waals surface area contributed by atoms with Crippen LogP contribution in [-0.4, -0.2) is 251 Å². The molecule has 0 radical (unpaired) electrons. The first kappa shape index (κ1) is 119. The number of carboxylic acids is 1. The largest absolute Gasteiger partial charge is 0.478 e. The van der Waals surface area contributed by atoms with Crippen molar-refractivity contribution >= 4 is 130 Å². The molecule has 4 unspecified atom stereocenters. The zero-order valence-corrected chi connectivity index (χ0v) is 86.1. The summed E-state index contributed by atoms with van der Waals surface area (Å²) < 4.78 is 0. The minimum absolute atomic E-state index is 0.00644. The average Bonchev–Trinajstić information content (AvgIpc) is 0.828. The number of carboxylic acid groups (broad SMARTS) is 1. The van der Waals surface area contributed by atoms with E-state index in [1.165, 1.54) is 52.1 Å². The van der Waals surface area contributed by atoms with E-state index < -0.39 is 240 Å². The fraction of sp³-hybridized carbons (Fsp3) is 0.481. The van der Waals surface area contributed by atoms with Crippen molar-refractivity contribution in [1.82, 2.24) is 74.0 Å². The van der Waals surface area contributed by atoms with Crippen molar-refractivity contribution in [1.29, 1.82) is 0 Å². The van der Waals surface area contributed by atoms with Crippen LogP contribution < -0.4 is 109 Å². The van der Waals surface area contributed by atoms with Gasteiger partial charge in [-0.3, -0.25) is 86.3 Å². The molecule has 800 valence electrons. The Kier molecular flexibility index (Phi) is 47.7. The third-order valence-corrected chi connectivity index (χ3v) is 26.9. The van der Waals surface area contributed by atoms with Crippen molar-refractivity contribution in [3.05, 3.63) is 185 Å². The van der Waals surface area contributed by atoms with Gasteiger partial charge < -0.3 is 119 Å². The van der Waals surface area contributed by atoms with E-state index in [1.54, 1.807) is 132 Å². The maximum atomic E-state index is 15.9. The van der Waals surface area contributed by atoms with Gasteiger partial charge in [0.25, 0.3) is 0 Å². The number of anilines is 1. The van der Waals surface area contributed by atoms with E-state index in [0.29, 0.717) is 46.3 Å². The van der Waals surface area contributed by atoms with Crippen LogP contribution in [0.3, 0.4) is 0 Å². The van der Waals surface area contributed by atoms with Gasteiger partial charge in [0.2, 0.25) is 100 Å². The number of nitrogens with zero attached hydrogens (tertiary/aromatic N) is 1. The first-order chi connectivity index (χ1) is 70.4. The lowest BCUT2D eigenvalue weighted by molar-refractivity contribution is -0.143. The number of aryl methyl sites for hydroxylation is 1. The summed E-state index contributed by atoms with van der Waals surface area (Å²) in [5.41, 5.74) is 41.8. The maximum absolute atomic E-state index is 15.9. The van der Waals surface area contributed by atoms with Crippen molar-refractivity contribution in [2.24, 2.45) is 58.1 Å². The minimum atomic E-state index is -1.70. The molecule has 2 aliphatic rings. The maximum Gasteiger partial charge on any atom is 0.335 e. The van der Waals surface area contributed by atoms with Crippen LogP contribution in [-0.2, 0) is 112 Å². The zero-order valence-electron chi connectivity index (χ0n) is 85.3. The number of hydrogen-bond donors (Lipinski definition) is 21. The van der Waals surface area contributed by atoms with Gasteiger partial charge >= 0.3 is 5.97 Å². The molecule has 17 amide bonds. The number of nitrogens with two attached hydrogens (primary N) is 6.